The van der Waals surface area contributed by atoms with Crippen molar-refractivity contribution in [3.05, 3.63) is 70.7 Å². The van der Waals surface area contributed by atoms with Crippen LogP contribution in [0.3, 0.4) is 0 Å². The van der Waals surface area contributed by atoms with Gasteiger partial charge in [0.15, 0.2) is 5.82 Å². The van der Waals surface area contributed by atoms with Crippen LogP contribution in [0, 0.1) is 0 Å². The topological polar surface area (TPSA) is 195 Å². The molecule has 1 aliphatic carbocycles. The highest BCUT2D eigenvalue weighted by molar-refractivity contribution is 6.07. The molecule has 2 atom stereocenters. The first-order chi connectivity index (χ1) is 30.1. The molecular weight excluding hydrogens is 826 g/mol. The van der Waals surface area contributed by atoms with Gasteiger partial charge in [-0.3, -0.25) is 34.1 Å². The number of imide groups is 1. The summed E-state index contributed by atoms with van der Waals surface area (Å²) in [5, 5.41) is 11.7. The van der Waals surface area contributed by atoms with Crippen LogP contribution in [0.15, 0.2) is 42.6 Å². The van der Waals surface area contributed by atoms with E-state index in [1.54, 1.807) is 55.6 Å². The number of nitrogens with one attached hydrogen (secondary N) is 4. The summed E-state index contributed by atoms with van der Waals surface area (Å²) in [5.41, 5.74) is 3.84. The Bertz CT molecular complexity index is 2180. The standard InChI is InChI=1S/C46H59N9O7.ClH/c1-4-35-46(61)53(2)37-27-49-39(51-42(37)55(35)31-13-8-9-14-31)26-29-18-19-30(25-38(29)62-3)43(58)48-24-12-23-47-22-10-6-5-7-17-40(56)50-34-16-11-15-32-33(34)28-54(45(32)60)36-20-21-41(57)52-44(36)59;/h11,15-16,18-19,25,27,31,35-36,47H,4-10,12-14,17,20-24,26,28H2,1-3H3,(H,48,58)(H,50,56)(H,52,57,59);1H/t35-,36?;/m1./s1. The zero-order valence-corrected chi connectivity index (χ0v) is 37.3. The number of likely N-dealkylation sites (N-methyl/N-ethyl adjacent to an activating group) is 1. The van der Waals surface area contributed by atoms with E-state index in [1.165, 1.54) is 4.90 Å². The van der Waals surface area contributed by atoms with E-state index >= 15 is 0 Å². The van der Waals surface area contributed by atoms with Gasteiger partial charge in [0.2, 0.25) is 23.6 Å². The van der Waals surface area contributed by atoms with Crippen molar-refractivity contribution in [1.29, 1.82) is 0 Å². The molecule has 1 unspecified atom stereocenters. The Morgan fingerprint density at radius 1 is 0.952 bits per heavy atom. The molecule has 3 aromatic rings. The molecule has 0 spiro atoms. The van der Waals surface area contributed by atoms with Crippen molar-refractivity contribution >= 4 is 65.0 Å². The summed E-state index contributed by atoms with van der Waals surface area (Å²) < 4.78 is 5.72. The number of hydrogen-bond donors (Lipinski definition) is 4. The molecule has 2 fully saturated rings. The van der Waals surface area contributed by atoms with Gasteiger partial charge in [-0.2, -0.15) is 0 Å². The second kappa shape index (κ2) is 21.7. The lowest BCUT2D eigenvalue weighted by molar-refractivity contribution is -0.137. The molecule has 1 aromatic heterocycles. The Morgan fingerprint density at radius 3 is 2.49 bits per heavy atom. The fraction of sp³-hybridized carbons (Fsp3) is 0.522. The summed E-state index contributed by atoms with van der Waals surface area (Å²) >= 11 is 0. The maximum Gasteiger partial charge on any atom is 0.255 e. The van der Waals surface area contributed by atoms with Crippen molar-refractivity contribution in [2.75, 3.05) is 48.9 Å². The van der Waals surface area contributed by atoms with Crippen LogP contribution < -0.4 is 35.8 Å². The zero-order valence-electron chi connectivity index (χ0n) is 36.5. The van der Waals surface area contributed by atoms with E-state index < -0.39 is 11.9 Å². The summed E-state index contributed by atoms with van der Waals surface area (Å²) in [6.45, 7) is 4.38. The maximum atomic E-state index is 13.3. The Hall–Kier alpha value is -5.61. The van der Waals surface area contributed by atoms with Crippen molar-refractivity contribution in [3.8, 4) is 5.75 Å². The third-order valence-electron chi connectivity index (χ3n) is 12.5. The lowest BCUT2D eigenvalue weighted by Gasteiger charge is -2.43. The molecule has 4 heterocycles. The first-order valence-corrected chi connectivity index (χ1v) is 22.2. The van der Waals surface area contributed by atoms with Crippen LogP contribution in [-0.4, -0.2) is 102 Å². The molecule has 63 heavy (non-hydrogen) atoms. The van der Waals surface area contributed by atoms with Gasteiger partial charge >= 0.3 is 0 Å². The van der Waals surface area contributed by atoms with E-state index in [2.05, 4.69) is 38.1 Å². The van der Waals surface area contributed by atoms with Gasteiger partial charge < -0.3 is 35.4 Å². The zero-order chi connectivity index (χ0) is 43.8. The number of anilines is 3. The van der Waals surface area contributed by atoms with E-state index in [0.29, 0.717) is 59.8 Å². The molecular formula is C46H60ClN9O7. The number of methoxy groups -OCH3 is 1. The van der Waals surface area contributed by atoms with Crippen molar-refractivity contribution in [2.24, 2.45) is 0 Å². The van der Waals surface area contributed by atoms with Crippen molar-refractivity contribution in [3.63, 3.8) is 0 Å². The summed E-state index contributed by atoms with van der Waals surface area (Å²) in [6, 6.07) is 9.98. The normalized spacial score (nSPS) is 18.5. The molecule has 16 nitrogen and oxygen atoms in total. The number of nitrogens with zero attached hydrogens (tertiary/aromatic N) is 5. The van der Waals surface area contributed by atoms with Crippen LogP contribution in [0.4, 0.5) is 17.2 Å². The minimum Gasteiger partial charge on any atom is -0.496 e. The van der Waals surface area contributed by atoms with E-state index in [0.717, 1.165) is 87.9 Å². The smallest absolute Gasteiger partial charge is 0.255 e. The fourth-order valence-electron chi connectivity index (χ4n) is 9.15. The number of halogens is 1. The van der Waals surface area contributed by atoms with Crippen LogP contribution in [-0.2, 0) is 32.1 Å². The predicted molar refractivity (Wildman–Crippen MR) is 241 cm³/mol. The van der Waals surface area contributed by atoms with Gasteiger partial charge in [-0.1, -0.05) is 44.7 Å². The second-order valence-corrected chi connectivity index (χ2v) is 16.7. The summed E-state index contributed by atoms with van der Waals surface area (Å²) in [7, 11) is 3.39. The van der Waals surface area contributed by atoms with Gasteiger partial charge in [0.05, 0.1) is 13.3 Å². The average molecular weight is 886 g/mol. The largest absolute Gasteiger partial charge is 0.496 e. The molecule has 3 aliphatic heterocycles. The quantitative estimate of drug-likeness (QED) is 0.0929. The highest BCUT2D eigenvalue weighted by atomic mass is 35.5. The second-order valence-electron chi connectivity index (χ2n) is 16.7. The Morgan fingerprint density at radius 2 is 1.73 bits per heavy atom. The van der Waals surface area contributed by atoms with Crippen molar-refractivity contribution in [2.45, 2.75) is 121 Å². The predicted octanol–water partition coefficient (Wildman–Crippen LogP) is 5.06. The van der Waals surface area contributed by atoms with Crippen LogP contribution in [0.2, 0.25) is 0 Å². The number of benzene rings is 2. The lowest BCUT2D eigenvalue weighted by Crippen LogP contribution is -2.55. The molecule has 1 saturated heterocycles. The molecule has 338 valence electrons. The molecule has 0 bridgehead atoms. The van der Waals surface area contributed by atoms with E-state index in [4.69, 9.17) is 9.72 Å². The number of ether oxygens (including phenoxy) is 1. The van der Waals surface area contributed by atoms with Gasteiger partial charge in [-0.15, -0.1) is 12.4 Å². The summed E-state index contributed by atoms with van der Waals surface area (Å²) in [6.07, 6.45) is 12.5. The molecule has 1 saturated carbocycles. The number of aromatic nitrogens is 2. The van der Waals surface area contributed by atoms with Gasteiger partial charge in [0.1, 0.15) is 29.3 Å². The van der Waals surface area contributed by atoms with Crippen LogP contribution in [0.1, 0.15) is 128 Å². The molecule has 4 aliphatic rings. The first-order valence-electron chi connectivity index (χ1n) is 22.2. The van der Waals surface area contributed by atoms with Gasteiger partial charge in [-0.05, 0) is 82.3 Å². The van der Waals surface area contributed by atoms with Gasteiger partial charge in [-0.25, -0.2) is 9.97 Å². The van der Waals surface area contributed by atoms with Crippen LogP contribution in [0.25, 0.3) is 0 Å². The lowest BCUT2D eigenvalue weighted by atomic mass is 10.0. The van der Waals surface area contributed by atoms with Gasteiger partial charge in [0, 0.05) is 73.4 Å². The number of amides is 6. The van der Waals surface area contributed by atoms with E-state index in [-0.39, 0.29) is 73.4 Å². The van der Waals surface area contributed by atoms with Gasteiger partial charge in [0.25, 0.3) is 11.8 Å². The Balaban J connectivity index is 0.00000661. The number of rotatable bonds is 19. The van der Waals surface area contributed by atoms with Crippen molar-refractivity contribution in [1.82, 2.24) is 30.8 Å². The van der Waals surface area contributed by atoms with Crippen LogP contribution in [0.5, 0.6) is 5.75 Å². The molecule has 2 aromatic carbocycles. The number of carbonyl (C=O) groups is 6. The van der Waals surface area contributed by atoms with E-state index in [9.17, 15) is 28.8 Å². The first kappa shape index (κ1) is 46.9. The van der Waals surface area contributed by atoms with Crippen LogP contribution >= 0.6 is 12.4 Å². The third-order valence-corrected chi connectivity index (χ3v) is 12.5. The number of fused-ring (bicyclic) bond motifs is 2. The third kappa shape index (κ3) is 10.8. The fourth-order valence-corrected chi connectivity index (χ4v) is 9.15. The Labute approximate surface area is 375 Å². The minimum atomic E-state index is -0.706. The summed E-state index contributed by atoms with van der Waals surface area (Å²) in [5.74, 6) is 0.754. The molecule has 7 rings (SSSR count). The van der Waals surface area contributed by atoms with E-state index in [1.807, 2.05) is 6.07 Å². The monoisotopic (exact) mass is 885 g/mol. The average Bonchev–Trinajstić information content (AvgIpc) is 3.92. The molecule has 4 N–H and O–H groups in total. The SMILES string of the molecule is CC[C@@H]1C(=O)N(C)c2cnc(Cc3ccc(C(=O)NCCCNCCCCCCC(=O)Nc4cccc5c4CN(C4CCC(=O)NC4=O)C5=O)cc3OC)nc2N1C1CCCC1.Cl. The molecule has 6 amide bonds. The summed E-state index contributed by atoms with van der Waals surface area (Å²) in [4.78, 5) is 91.3. The number of unbranched alkanes of at least 4 members (excludes halogenated alkanes) is 3. The number of piperidine rings is 1. The Kier molecular flexibility index (Phi) is 16.1. The number of hydrogen-bond acceptors (Lipinski definition) is 11. The van der Waals surface area contributed by atoms with Crippen molar-refractivity contribution < 1.29 is 33.5 Å². The minimum absolute atomic E-state index is 0. The molecule has 17 heteroatoms. The number of carbonyl (C=O) groups excluding carboxylic acids is 6. The highest BCUT2D eigenvalue weighted by Crippen LogP contribution is 2.40. The maximum absolute atomic E-state index is 13.3. The highest BCUT2D eigenvalue weighted by Gasteiger charge is 2.42. The molecule has 0 radical (unpaired) electrons.